The topological polar surface area (TPSA) is 12.0 Å². The van der Waals surface area contributed by atoms with Gasteiger partial charge in [0.1, 0.15) is 0 Å². The van der Waals surface area contributed by atoms with Crippen LogP contribution in [0.1, 0.15) is 58.3 Å². The van der Waals surface area contributed by atoms with E-state index < -0.39 is 0 Å². The van der Waals surface area contributed by atoms with Crippen molar-refractivity contribution in [3.05, 3.63) is 0 Å². The molecule has 13 heavy (non-hydrogen) atoms. The van der Waals surface area contributed by atoms with Crippen LogP contribution in [0.25, 0.3) is 0 Å². The SMILES string of the molecule is CC1CCCCC2(CCCCN2)C1. The molecule has 1 N–H and O–H groups in total. The Bertz CT molecular complexity index is 159. The molecule has 1 aliphatic carbocycles. The van der Waals surface area contributed by atoms with Crippen molar-refractivity contribution in [1.29, 1.82) is 0 Å². The standard InChI is InChI=1S/C12H23N/c1-11-6-2-3-7-12(10-11)8-4-5-9-13-12/h11,13H,2-10H2,1H3. The first-order valence-corrected chi connectivity index (χ1v) is 6.06. The summed E-state index contributed by atoms with van der Waals surface area (Å²) in [6, 6.07) is 0. The Morgan fingerprint density at radius 3 is 2.62 bits per heavy atom. The monoisotopic (exact) mass is 181 g/mol. The number of nitrogens with one attached hydrogen (secondary N) is 1. The zero-order valence-electron chi connectivity index (χ0n) is 8.94. The Balaban J connectivity index is 2.00. The Morgan fingerprint density at radius 1 is 1.08 bits per heavy atom. The van der Waals surface area contributed by atoms with Crippen molar-refractivity contribution in [2.24, 2.45) is 5.92 Å². The summed E-state index contributed by atoms with van der Waals surface area (Å²) in [6.45, 7) is 3.70. The maximum absolute atomic E-state index is 3.80. The summed E-state index contributed by atoms with van der Waals surface area (Å²) >= 11 is 0. The fourth-order valence-corrected chi connectivity index (χ4v) is 3.25. The van der Waals surface area contributed by atoms with Gasteiger partial charge in [0.05, 0.1) is 0 Å². The molecule has 0 amide bonds. The molecule has 1 saturated heterocycles. The van der Waals surface area contributed by atoms with E-state index in [-0.39, 0.29) is 0 Å². The van der Waals surface area contributed by atoms with Gasteiger partial charge in [-0.15, -0.1) is 0 Å². The summed E-state index contributed by atoms with van der Waals surface area (Å²) in [5.74, 6) is 0.952. The number of piperidine rings is 1. The van der Waals surface area contributed by atoms with Crippen LogP contribution in [0.5, 0.6) is 0 Å². The average molecular weight is 181 g/mol. The molecule has 2 aliphatic rings. The van der Waals surface area contributed by atoms with Crippen LogP contribution in [0.3, 0.4) is 0 Å². The van der Waals surface area contributed by atoms with Crippen LogP contribution in [0.15, 0.2) is 0 Å². The first-order valence-electron chi connectivity index (χ1n) is 6.06. The van der Waals surface area contributed by atoms with Gasteiger partial charge in [-0.2, -0.15) is 0 Å². The van der Waals surface area contributed by atoms with E-state index in [4.69, 9.17) is 0 Å². The van der Waals surface area contributed by atoms with Crippen LogP contribution in [-0.4, -0.2) is 12.1 Å². The molecule has 2 atom stereocenters. The van der Waals surface area contributed by atoms with E-state index in [1.54, 1.807) is 0 Å². The lowest BCUT2D eigenvalue weighted by Gasteiger charge is -2.39. The molecule has 0 aromatic heterocycles. The second-order valence-electron chi connectivity index (χ2n) is 5.22. The minimum atomic E-state index is 0.564. The summed E-state index contributed by atoms with van der Waals surface area (Å²) in [7, 11) is 0. The van der Waals surface area contributed by atoms with Gasteiger partial charge in [0.25, 0.3) is 0 Å². The van der Waals surface area contributed by atoms with Crippen LogP contribution >= 0.6 is 0 Å². The van der Waals surface area contributed by atoms with Crippen LogP contribution in [0.2, 0.25) is 0 Å². The number of hydrogen-bond acceptors (Lipinski definition) is 1. The van der Waals surface area contributed by atoms with Crippen molar-refractivity contribution in [2.75, 3.05) is 6.54 Å². The van der Waals surface area contributed by atoms with Crippen molar-refractivity contribution in [2.45, 2.75) is 63.8 Å². The van der Waals surface area contributed by atoms with E-state index in [0.717, 1.165) is 5.92 Å². The first-order chi connectivity index (χ1) is 6.31. The van der Waals surface area contributed by atoms with Gasteiger partial charge in [-0.3, -0.25) is 0 Å². The van der Waals surface area contributed by atoms with Gasteiger partial charge in [-0.25, -0.2) is 0 Å². The fourth-order valence-electron chi connectivity index (χ4n) is 3.25. The highest BCUT2D eigenvalue weighted by molar-refractivity contribution is 4.93. The molecular formula is C12H23N. The highest BCUT2D eigenvalue weighted by atomic mass is 15.0. The van der Waals surface area contributed by atoms with Gasteiger partial charge in [0.15, 0.2) is 0 Å². The van der Waals surface area contributed by atoms with Crippen LogP contribution < -0.4 is 5.32 Å². The Labute approximate surface area is 82.3 Å². The molecule has 1 nitrogen and oxygen atoms in total. The van der Waals surface area contributed by atoms with Crippen molar-refractivity contribution in [1.82, 2.24) is 5.32 Å². The predicted octanol–water partition coefficient (Wildman–Crippen LogP) is 3.10. The zero-order chi connectivity index (χ0) is 9.15. The van der Waals surface area contributed by atoms with Gasteiger partial charge in [0.2, 0.25) is 0 Å². The predicted molar refractivity (Wildman–Crippen MR) is 56.8 cm³/mol. The molecule has 1 saturated carbocycles. The van der Waals surface area contributed by atoms with E-state index in [1.807, 2.05) is 0 Å². The van der Waals surface area contributed by atoms with Crippen molar-refractivity contribution < 1.29 is 0 Å². The molecule has 2 rings (SSSR count). The molecule has 1 spiro atoms. The highest BCUT2D eigenvalue weighted by Gasteiger charge is 2.33. The van der Waals surface area contributed by atoms with Crippen LogP contribution in [0.4, 0.5) is 0 Å². The molecular weight excluding hydrogens is 158 g/mol. The van der Waals surface area contributed by atoms with E-state index in [1.165, 1.54) is 57.9 Å². The first kappa shape index (κ1) is 9.51. The lowest BCUT2D eigenvalue weighted by Crippen LogP contribution is -2.48. The van der Waals surface area contributed by atoms with E-state index in [9.17, 15) is 0 Å². The molecule has 0 radical (unpaired) electrons. The third kappa shape index (κ3) is 2.25. The van der Waals surface area contributed by atoms with Crippen molar-refractivity contribution >= 4 is 0 Å². The Morgan fingerprint density at radius 2 is 1.85 bits per heavy atom. The van der Waals surface area contributed by atoms with Crippen molar-refractivity contribution in [3.8, 4) is 0 Å². The van der Waals surface area contributed by atoms with Crippen molar-refractivity contribution in [3.63, 3.8) is 0 Å². The van der Waals surface area contributed by atoms with Crippen LogP contribution in [0, 0.1) is 5.92 Å². The second-order valence-corrected chi connectivity index (χ2v) is 5.22. The number of hydrogen-bond donors (Lipinski definition) is 1. The molecule has 0 aromatic rings. The lowest BCUT2D eigenvalue weighted by molar-refractivity contribution is 0.205. The molecule has 0 aromatic carbocycles. The summed E-state index contributed by atoms with van der Waals surface area (Å²) in [5.41, 5.74) is 0.564. The third-order valence-electron chi connectivity index (χ3n) is 3.92. The van der Waals surface area contributed by atoms with Gasteiger partial charge in [0, 0.05) is 5.54 Å². The minimum absolute atomic E-state index is 0.564. The zero-order valence-corrected chi connectivity index (χ0v) is 8.94. The smallest absolute Gasteiger partial charge is 0.0184 e. The van der Waals surface area contributed by atoms with Gasteiger partial charge < -0.3 is 5.32 Å². The van der Waals surface area contributed by atoms with Gasteiger partial charge in [-0.1, -0.05) is 32.6 Å². The summed E-state index contributed by atoms with van der Waals surface area (Å²) in [5, 5.41) is 3.80. The summed E-state index contributed by atoms with van der Waals surface area (Å²) in [4.78, 5) is 0. The normalized spacial score (nSPS) is 41.8. The van der Waals surface area contributed by atoms with E-state index in [0.29, 0.717) is 5.54 Å². The maximum Gasteiger partial charge on any atom is 0.0184 e. The van der Waals surface area contributed by atoms with E-state index >= 15 is 0 Å². The largest absolute Gasteiger partial charge is 0.311 e. The Kier molecular flexibility index (Phi) is 2.92. The minimum Gasteiger partial charge on any atom is -0.311 e. The number of rotatable bonds is 0. The molecule has 0 bridgehead atoms. The molecule has 2 fully saturated rings. The molecule has 1 heterocycles. The lowest BCUT2D eigenvalue weighted by atomic mass is 9.80. The molecule has 1 aliphatic heterocycles. The molecule has 76 valence electrons. The quantitative estimate of drug-likeness (QED) is 0.605. The van der Waals surface area contributed by atoms with Gasteiger partial charge in [-0.05, 0) is 38.1 Å². The summed E-state index contributed by atoms with van der Waals surface area (Å²) in [6.07, 6.45) is 11.6. The average Bonchev–Trinajstić information content (AvgIpc) is 2.29. The highest BCUT2D eigenvalue weighted by Crippen LogP contribution is 2.35. The van der Waals surface area contributed by atoms with E-state index in [2.05, 4.69) is 12.2 Å². The second kappa shape index (κ2) is 4.00. The Hall–Kier alpha value is -0.0400. The summed E-state index contributed by atoms with van der Waals surface area (Å²) < 4.78 is 0. The maximum atomic E-state index is 3.80. The van der Waals surface area contributed by atoms with Crippen LogP contribution in [-0.2, 0) is 0 Å². The molecule has 1 heteroatoms. The van der Waals surface area contributed by atoms with Gasteiger partial charge >= 0.3 is 0 Å². The molecule has 2 unspecified atom stereocenters. The third-order valence-corrected chi connectivity index (χ3v) is 3.92. The fraction of sp³-hybridized carbons (Fsp3) is 1.00.